The van der Waals surface area contributed by atoms with Crippen molar-refractivity contribution in [2.75, 3.05) is 7.11 Å². The van der Waals surface area contributed by atoms with Crippen molar-refractivity contribution in [1.29, 1.82) is 5.26 Å². The number of para-hydroxylation sites is 1. The highest BCUT2D eigenvalue weighted by Gasteiger charge is 2.18. The SMILES string of the molecule is COc1ccc(-c2ncnc3c(C#N)cn(-c4ccccc4F)c23)cc1. The van der Waals surface area contributed by atoms with Crippen molar-refractivity contribution in [2.45, 2.75) is 0 Å². The quantitative estimate of drug-likeness (QED) is 0.561. The van der Waals surface area contributed by atoms with Gasteiger partial charge < -0.3 is 9.30 Å². The van der Waals surface area contributed by atoms with Gasteiger partial charge in [0.15, 0.2) is 0 Å². The van der Waals surface area contributed by atoms with Crippen molar-refractivity contribution in [3.8, 4) is 28.8 Å². The van der Waals surface area contributed by atoms with Crippen LogP contribution >= 0.6 is 0 Å². The molecule has 4 rings (SSSR count). The lowest BCUT2D eigenvalue weighted by Crippen LogP contribution is -1.99. The van der Waals surface area contributed by atoms with E-state index >= 15 is 0 Å². The fourth-order valence-corrected chi connectivity index (χ4v) is 2.94. The Hall–Kier alpha value is -3.72. The van der Waals surface area contributed by atoms with Crippen LogP contribution in [0, 0.1) is 17.1 Å². The smallest absolute Gasteiger partial charge is 0.147 e. The number of hydrogen-bond acceptors (Lipinski definition) is 4. The van der Waals surface area contributed by atoms with Crippen molar-refractivity contribution < 1.29 is 9.13 Å². The number of ether oxygens (including phenoxy) is 1. The molecule has 2 aromatic carbocycles. The van der Waals surface area contributed by atoms with Crippen LogP contribution in [0.1, 0.15) is 5.56 Å². The molecule has 4 aromatic rings. The first-order chi connectivity index (χ1) is 12.7. The number of halogens is 1. The Morgan fingerprint density at radius 3 is 2.54 bits per heavy atom. The lowest BCUT2D eigenvalue weighted by atomic mass is 10.1. The summed E-state index contributed by atoms with van der Waals surface area (Å²) in [4.78, 5) is 8.64. The number of fused-ring (bicyclic) bond motifs is 1. The van der Waals surface area contributed by atoms with E-state index in [-0.39, 0.29) is 0 Å². The Kier molecular flexibility index (Phi) is 3.82. The van der Waals surface area contributed by atoms with Crippen LogP contribution in [0.3, 0.4) is 0 Å². The first-order valence-electron chi connectivity index (χ1n) is 7.88. The average molecular weight is 344 g/mol. The lowest BCUT2D eigenvalue weighted by molar-refractivity contribution is 0.415. The van der Waals surface area contributed by atoms with Gasteiger partial charge in [0.25, 0.3) is 0 Å². The molecule has 126 valence electrons. The minimum Gasteiger partial charge on any atom is -0.497 e. The Morgan fingerprint density at radius 1 is 1.08 bits per heavy atom. The normalized spacial score (nSPS) is 10.7. The first-order valence-corrected chi connectivity index (χ1v) is 7.88. The molecular formula is C20H13FN4O. The minimum absolute atomic E-state index is 0.337. The van der Waals surface area contributed by atoms with Gasteiger partial charge in [-0.1, -0.05) is 12.1 Å². The predicted octanol–water partition coefficient (Wildman–Crippen LogP) is 4.11. The van der Waals surface area contributed by atoms with Crippen molar-refractivity contribution in [1.82, 2.24) is 14.5 Å². The van der Waals surface area contributed by atoms with Crippen molar-refractivity contribution in [3.05, 3.63) is 72.4 Å². The van der Waals surface area contributed by atoms with E-state index in [0.717, 1.165) is 11.3 Å². The molecule has 0 aliphatic heterocycles. The molecule has 6 heteroatoms. The van der Waals surface area contributed by atoms with Crippen molar-refractivity contribution in [2.24, 2.45) is 0 Å². The summed E-state index contributed by atoms with van der Waals surface area (Å²) in [6.07, 6.45) is 3.00. The Balaban J connectivity index is 2.04. The van der Waals surface area contributed by atoms with Crippen LogP contribution in [0.4, 0.5) is 4.39 Å². The van der Waals surface area contributed by atoms with Gasteiger partial charge in [-0.15, -0.1) is 0 Å². The third-order valence-corrected chi connectivity index (χ3v) is 4.17. The summed E-state index contributed by atoms with van der Waals surface area (Å²) >= 11 is 0. The van der Waals surface area contributed by atoms with E-state index in [1.165, 1.54) is 12.4 Å². The van der Waals surface area contributed by atoms with Crippen LogP contribution in [0.5, 0.6) is 5.75 Å². The van der Waals surface area contributed by atoms with E-state index in [2.05, 4.69) is 16.0 Å². The highest BCUT2D eigenvalue weighted by Crippen LogP contribution is 2.32. The average Bonchev–Trinajstić information content (AvgIpc) is 3.07. The van der Waals surface area contributed by atoms with Gasteiger partial charge in [0.05, 0.1) is 29.6 Å². The molecular weight excluding hydrogens is 331 g/mol. The molecule has 2 heterocycles. The monoisotopic (exact) mass is 344 g/mol. The standard InChI is InChI=1S/C20H13FN4O/c1-26-15-8-6-13(7-9-15)18-20-19(24-12-23-18)14(10-22)11-25(20)17-5-3-2-4-16(17)21/h2-9,11-12H,1H3. The van der Waals surface area contributed by atoms with Crippen molar-refractivity contribution >= 4 is 11.0 Å². The molecule has 5 nitrogen and oxygen atoms in total. The lowest BCUT2D eigenvalue weighted by Gasteiger charge is -2.10. The van der Waals surface area contributed by atoms with Crippen LogP contribution in [-0.2, 0) is 0 Å². The Bertz CT molecular complexity index is 1140. The zero-order chi connectivity index (χ0) is 18.1. The molecule has 0 fully saturated rings. The van der Waals surface area contributed by atoms with Crippen LogP contribution in [0.25, 0.3) is 28.0 Å². The van der Waals surface area contributed by atoms with Crippen molar-refractivity contribution in [3.63, 3.8) is 0 Å². The van der Waals surface area contributed by atoms with Gasteiger partial charge in [-0.3, -0.25) is 0 Å². The molecule has 0 radical (unpaired) electrons. The topological polar surface area (TPSA) is 63.7 Å². The van der Waals surface area contributed by atoms with E-state index in [0.29, 0.717) is 28.0 Å². The summed E-state index contributed by atoms with van der Waals surface area (Å²) < 4.78 is 21.2. The number of aromatic nitrogens is 3. The molecule has 0 aliphatic rings. The molecule has 0 amide bonds. The molecule has 26 heavy (non-hydrogen) atoms. The maximum atomic E-state index is 14.4. The van der Waals surface area contributed by atoms with Crippen LogP contribution in [0.2, 0.25) is 0 Å². The second kappa shape index (κ2) is 6.30. The fraction of sp³-hybridized carbons (Fsp3) is 0.0500. The second-order valence-corrected chi connectivity index (χ2v) is 5.62. The molecule has 0 unspecified atom stereocenters. The maximum absolute atomic E-state index is 14.4. The summed E-state index contributed by atoms with van der Waals surface area (Å²) in [6, 6.07) is 15.9. The molecule has 0 saturated carbocycles. The Morgan fingerprint density at radius 2 is 1.85 bits per heavy atom. The van der Waals surface area contributed by atoms with Gasteiger partial charge in [-0.2, -0.15) is 5.26 Å². The van der Waals surface area contributed by atoms with E-state index in [9.17, 15) is 9.65 Å². The molecule has 0 bridgehead atoms. The van der Waals surface area contributed by atoms with Crippen LogP contribution in [-0.4, -0.2) is 21.6 Å². The maximum Gasteiger partial charge on any atom is 0.147 e. The van der Waals surface area contributed by atoms with E-state index in [1.54, 1.807) is 36.1 Å². The third kappa shape index (κ3) is 2.47. The largest absolute Gasteiger partial charge is 0.497 e. The van der Waals surface area contributed by atoms with Gasteiger partial charge in [0.2, 0.25) is 0 Å². The summed E-state index contributed by atoms with van der Waals surface area (Å²) in [7, 11) is 1.60. The number of hydrogen-bond donors (Lipinski definition) is 0. The highest BCUT2D eigenvalue weighted by molar-refractivity contribution is 5.94. The minimum atomic E-state index is -0.390. The summed E-state index contributed by atoms with van der Waals surface area (Å²) in [6.45, 7) is 0. The zero-order valence-corrected chi connectivity index (χ0v) is 13.8. The van der Waals surface area contributed by atoms with Crippen LogP contribution < -0.4 is 4.74 Å². The molecule has 0 spiro atoms. The van der Waals surface area contributed by atoms with Gasteiger partial charge in [0.1, 0.15) is 29.5 Å². The van der Waals surface area contributed by atoms with Gasteiger partial charge in [-0.05, 0) is 36.4 Å². The third-order valence-electron chi connectivity index (χ3n) is 4.17. The number of nitrogens with zero attached hydrogens (tertiary/aromatic N) is 4. The number of rotatable bonds is 3. The van der Waals surface area contributed by atoms with Gasteiger partial charge in [0, 0.05) is 11.8 Å². The van der Waals surface area contributed by atoms with Gasteiger partial charge >= 0.3 is 0 Å². The van der Waals surface area contributed by atoms with E-state index in [1.807, 2.05) is 24.3 Å². The molecule has 2 aromatic heterocycles. The number of methoxy groups -OCH3 is 1. The van der Waals surface area contributed by atoms with E-state index in [4.69, 9.17) is 4.74 Å². The summed E-state index contributed by atoms with van der Waals surface area (Å²) in [5, 5.41) is 9.46. The second-order valence-electron chi connectivity index (χ2n) is 5.62. The number of benzene rings is 2. The van der Waals surface area contributed by atoms with Gasteiger partial charge in [-0.25, -0.2) is 14.4 Å². The molecule has 0 atom stereocenters. The molecule has 0 N–H and O–H groups in total. The highest BCUT2D eigenvalue weighted by atomic mass is 19.1. The Labute approximate surface area is 148 Å². The fourth-order valence-electron chi connectivity index (χ4n) is 2.94. The number of nitriles is 1. The predicted molar refractivity (Wildman–Crippen MR) is 95.5 cm³/mol. The molecule has 0 saturated heterocycles. The first kappa shape index (κ1) is 15.8. The van der Waals surface area contributed by atoms with Crippen LogP contribution in [0.15, 0.2) is 61.1 Å². The van der Waals surface area contributed by atoms with E-state index < -0.39 is 5.82 Å². The summed E-state index contributed by atoms with van der Waals surface area (Å²) in [5.41, 5.74) is 3.20. The molecule has 0 aliphatic carbocycles. The summed E-state index contributed by atoms with van der Waals surface area (Å²) in [5.74, 6) is 0.333. The zero-order valence-electron chi connectivity index (χ0n) is 13.8.